The van der Waals surface area contributed by atoms with Crippen LogP contribution in [0.3, 0.4) is 0 Å². The lowest BCUT2D eigenvalue weighted by Gasteiger charge is -2.14. The molecule has 1 aromatic carbocycles. The van der Waals surface area contributed by atoms with Gasteiger partial charge in [-0.05, 0) is 44.2 Å². The zero-order chi connectivity index (χ0) is 13.8. The molecule has 20 heavy (non-hydrogen) atoms. The molecular weight excluding hydrogens is 252 g/mol. The molecule has 3 rings (SSSR count). The molecule has 1 aliphatic rings. The van der Waals surface area contributed by atoms with E-state index < -0.39 is 0 Å². The Morgan fingerprint density at radius 2 is 2.25 bits per heavy atom. The molecule has 0 bridgehead atoms. The fraction of sp³-hybridized carbons (Fsp3) is 0.500. The Balaban J connectivity index is 1.60. The van der Waals surface area contributed by atoms with Crippen molar-refractivity contribution >= 4 is 11.0 Å². The Morgan fingerprint density at radius 1 is 1.35 bits per heavy atom. The van der Waals surface area contributed by atoms with Crippen LogP contribution in [0.15, 0.2) is 34.7 Å². The monoisotopic (exact) mass is 274 g/mol. The second-order valence-corrected chi connectivity index (χ2v) is 5.47. The van der Waals surface area contributed by atoms with E-state index in [0.29, 0.717) is 6.10 Å². The SMILES string of the molecule is NNC(CCCC1CCCO1)c1cc2ccccc2o1. The predicted molar refractivity (Wildman–Crippen MR) is 79.1 cm³/mol. The van der Waals surface area contributed by atoms with Gasteiger partial charge < -0.3 is 9.15 Å². The number of ether oxygens (including phenoxy) is 1. The van der Waals surface area contributed by atoms with Crippen LogP contribution < -0.4 is 11.3 Å². The first-order valence-corrected chi connectivity index (χ1v) is 7.43. The Labute approximate surface area is 119 Å². The number of nitrogens with two attached hydrogens (primary N) is 1. The molecule has 4 heteroatoms. The van der Waals surface area contributed by atoms with Crippen LogP contribution in [0.4, 0.5) is 0 Å². The molecule has 0 spiro atoms. The molecule has 108 valence electrons. The normalized spacial score (nSPS) is 20.6. The van der Waals surface area contributed by atoms with Crippen LogP contribution in [0.1, 0.15) is 43.9 Å². The van der Waals surface area contributed by atoms with Gasteiger partial charge in [0.2, 0.25) is 0 Å². The lowest BCUT2D eigenvalue weighted by atomic mass is 10.0. The zero-order valence-electron chi connectivity index (χ0n) is 11.7. The van der Waals surface area contributed by atoms with E-state index in [0.717, 1.165) is 42.6 Å². The molecule has 2 unspecified atom stereocenters. The first-order chi connectivity index (χ1) is 9.86. The summed E-state index contributed by atoms with van der Waals surface area (Å²) in [6.45, 7) is 0.923. The van der Waals surface area contributed by atoms with Gasteiger partial charge in [0, 0.05) is 12.0 Å². The van der Waals surface area contributed by atoms with Gasteiger partial charge in [-0.1, -0.05) is 18.2 Å². The second-order valence-electron chi connectivity index (χ2n) is 5.47. The van der Waals surface area contributed by atoms with Crippen molar-refractivity contribution in [3.8, 4) is 0 Å². The quantitative estimate of drug-likeness (QED) is 0.627. The molecule has 2 heterocycles. The summed E-state index contributed by atoms with van der Waals surface area (Å²) in [6.07, 6.45) is 6.02. The van der Waals surface area contributed by atoms with E-state index >= 15 is 0 Å². The summed E-state index contributed by atoms with van der Waals surface area (Å²) < 4.78 is 11.5. The van der Waals surface area contributed by atoms with Crippen molar-refractivity contribution in [2.45, 2.75) is 44.2 Å². The number of hydrogen-bond acceptors (Lipinski definition) is 4. The minimum Gasteiger partial charge on any atom is -0.459 e. The number of hydrogen-bond donors (Lipinski definition) is 2. The number of furan rings is 1. The molecule has 1 aliphatic heterocycles. The molecular formula is C16H22N2O2. The van der Waals surface area contributed by atoms with E-state index in [4.69, 9.17) is 15.0 Å². The Hall–Kier alpha value is -1.36. The maximum absolute atomic E-state index is 5.87. The minimum absolute atomic E-state index is 0.0730. The summed E-state index contributed by atoms with van der Waals surface area (Å²) in [5.41, 5.74) is 3.79. The first kappa shape index (κ1) is 13.6. The summed E-state index contributed by atoms with van der Waals surface area (Å²) in [5.74, 6) is 6.60. The van der Waals surface area contributed by atoms with Gasteiger partial charge >= 0.3 is 0 Å². The number of para-hydroxylation sites is 1. The van der Waals surface area contributed by atoms with Crippen LogP contribution in [-0.2, 0) is 4.74 Å². The Morgan fingerprint density at radius 3 is 3.00 bits per heavy atom. The van der Waals surface area contributed by atoms with Crippen molar-refractivity contribution in [2.75, 3.05) is 6.61 Å². The topological polar surface area (TPSA) is 60.4 Å². The van der Waals surface area contributed by atoms with Crippen molar-refractivity contribution in [3.05, 3.63) is 36.1 Å². The van der Waals surface area contributed by atoms with Crippen LogP contribution in [0.2, 0.25) is 0 Å². The Kier molecular flexibility index (Phi) is 4.35. The van der Waals surface area contributed by atoms with E-state index in [1.54, 1.807) is 0 Å². The molecule has 2 aromatic rings. The summed E-state index contributed by atoms with van der Waals surface area (Å²) in [5, 5.41) is 1.13. The van der Waals surface area contributed by atoms with Crippen LogP contribution >= 0.6 is 0 Å². The van der Waals surface area contributed by atoms with Gasteiger partial charge in [-0.15, -0.1) is 0 Å². The van der Waals surface area contributed by atoms with E-state index in [-0.39, 0.29) is 6.04 Å². The highest BCUT2D eigenvalue weighted by atomic mass is 16.5. The van der Waals surface area contributed by atoms with Crippen LogP contribution in [0.25, 0.3) is 11.0 Å². The van der Waals surface area contributed by atoms with Crippen molar-refractivity contribution in [2.24, 2.45) is 5.84 Å². The lowest BCUT2D eigenvalue weighted by molar-refractivity contribution is 0.101. The van der Waals surface area contributed by atoms with Crippen molar-refractivity contribution in [1.82, 2.24) is 5.43 Å². The smallest absolute Gasteiger partial charge is 0.134 e. The van der Waals surface area contributed by atoms with Crippen LogP contribution in [-0.4, -0.2) is 12.7 Å². The molecule has 1 aromatic heterocycles. The minimum atomic E-state index is 0.0730. The van der Waals surface area contributed by atoms with Gasteiger partial charge in [0.1, 0.15) is 11.3 Å². The third kappa shape index (κ3) is 3.03. The maximum atomic E-state index is 5.87. The highest BCUT2D eigenvalue weighted by molar-refractivity contribution is 5.77. The van der Waals surface area contributed by atoms with Crippen molar-refractivity contribution in [1.29, 1.82) is 0 Å². The number of rotatable bonds is 6. The van der Waals surface area contributed by atoms with E-state index in [2.05, 4.69) is 17.6 Å². The highest BCUT2D eigenvalue weighted by Crippen LogP contribution is 2.27. The molecule has 1 fully saturated rings. The van der Waals surface area contributed by atoms with Crippen molar-refractivity contribution < 1.29 is 9.15 Å². The predicted octanol–water partition coefficient (Wildman–Crippen LogP) is 3.29. The van der Waals surface area contributed by atoms with E-state index in [1.807, 2.05) is 18.2 Å². The number of hydrazine groups is 1. The molecule has 3 N–H and O–H groups in total. The number of benzene rings is 1. The molecule has 4 nitrogen and oxygen atoms in total. The average molecular weight is 274 g/mol. The fourth-order valence-corrected chi connectivity index (χ4v) is 2.90. The summed E-state index contributed by atoms with van der Waals surface area (Å²) in [7, 11) is 0. The third-order valence-electron chi connectivity index (χ3n) is 4.03. The molecule has 0 radical (unpaired) electrons. The summed E-state index contributed by atoms with van der Waals surface area (Å²) in [4.78, 5) is 0. The zero-order valence-corrected chi connectivity index (χ0v) is 11.7. The van der Waals surface area contributed by atoms with Crippen molar-refractivity contribution in [3.63, 3.8) is 0 Å². The summed E-state index contributed by atoms with van der Waals surface area (Å²) >= 11 is 0. The van der Waals surface area contributed by atoms with Crippen LogP contribution in [0.5, 0.6) is 0 Å². The molecule has 1 saturated heterocycles. The molecule has 0 saturated carbocycles. The third-order valence-corrected chi connectivity index (χ3v) is 4.03. The van der Waals surface area contributed by atoms with E-state index in [1.165, 1.54) is 12.8 Å². The fourth-order valence-electron chi connectivity index (χ4n) is 2.90. The lowest BCUT2D eigenvalue weighted by Crippen LogP contribution is -2.27. The highest BCUT2D eigenvalue weighted by Gasteiger charge is 2.18. The van der Waals surface area contributed by atoms with Gasteiger partial charge in [0.25, 0.3) is 0 Å². The molecule has 2 atom stereocenters. The molecule has 0 amide bonds. The number of fused-ring (bicyclic) bond motifs is 1. The number of nitrogens with one attached hydrogen (secondary N) is 1. The van der Waals surface area contributed by atoms with Crippen LogP contribution in [0, 0.1) is 0 Å². The Bertz CT molecular complexity index is 513. The van der Waals surface area contributed by atoms with Gasteiger partial charge in [-0.2, -0.15) is 0 Å². The first-order valence-electron chi connectivity index (χ1n) is 7.43. The molecule has 0 aliphatic carbocycles. The van der Waals surface area contributed by atoms with E-state index in [9.17, 15) is 0 Å². The summed E-state index contributed by atoms with van der Waals surface area (Å²) in [6, 6.07) is 10.2. The standard InChI is InChI=1S/C16H22N2O2/c17-18-14(8-3-6-13-7-4-10-19-13)16-11-12-5-1-2-9-15(12)20-16/h1-2,5,9,11,13-14,18H,3-4,6-8,10,17H2. The van der Waals surface area contributed by atoms with Gasteiger partial charge in [0.05, 0.1) is 12.1 Å². The van der Waals surface area contributed by atoms with Gasteiger partial charge in [-0.25, -0.2) is 5.43 Å². The average Bonchev–Trinajstić information content (AvgIpc) is 3.12. The van der Waals surface area contributed by atoms with Gasteiger partial charge in [-0.3, -0.25) is 5.84 Å². The maximum Gasteiger partial charge on any atom is 0.134 e. The van der Waals surface area contributed by atoms with Gasteiger partial charge in [0.15, 0.2) is 0 Å². The largest absolute Gasteiger partial charge is 0.459 e. The second kappa shape index (κ2) is 6.39.